The summed E-state index contributed by atoms with van der Waals surface area (Å²) in [6.45, 7) is 2.55. The van der Waals surface area contributed by atoms with E-state index in [0.29, 0.717) is 31.7 Å². The number of allylic oxidation sites excluding steroid dienone is 1. The Hall–Kier alpha value is -5.08. The Morgan fingerprint density at radius 3 is 2.37 bits per heavy atom. The van der Waals surface area contributed by atoms with E-state index >= 15 is 0 Å². The molecule has 3 N–H and O–H groups in total. The number of aromatic nitrogens is 1. The number of amides is 2. The molecular formula is C40H46F4N6O4. The molecule has 2 aliphatic heterocycles. The fraction of sp³-hybridized carbons (Fsp3) is 0.400. The van der Waals surface area contributed by atoms with Crippen molar-refractivity contribution in [2.45, 2.75) is 57.0 Å². The van der Waals surface area contributed by atoms with Crippen LogP contribution in [0.3, 0.4) is 0 Å². The van der Waals surface area contributed by atoms with Gasteiger partial charge < -0.3 is 25.0 Å². The summed E-state index contributed by atoms with van der Waals surface area (Å²) in [5.74, 6) is -1.47. The van der Waals surface area contributed by atoms with Crippen LogP contribution in [0.2, 0.25) is 0 Å². The van der Waals surface area contributed by atoms with Crippen LogP contribution in [0, 0.1) is 5.41 Å². The third-order valence-electron chi connectivity index (χ3n) is 9.28. The van der Waals surface area contributed by atoms with E-state index in [2.05, 4.69) is 20.5 Å². The summed E-state index contributed by atoms with van der Waals surface area (Å²) in [6, 6.07) is 13.5. The Labute approximate surface area is 312 Å². The molecule has 2 saturated heterocycles. The minimum absolute atomic E-state index is 0.0994. The van der Waals surface area contributed by atoms with Crippen molar-refractivity contribution in [3.63, 3.8) is 0 Å². The molecule has 5 rings (SSSR count). The number of nitrogens with one attached hydrogen (secondary N) is 3. The van der Waals surface area contributed by atoms with Gasteiger partial charge in [-0.3, -0.25) is 19.9 Å². The summed E-state index contributed by atoms with van der Waals surface area (Å²) in [5.41, 5.74) is 1.17. The number of alkyl halides is 3. The molecule has 14 heteroatoms. The van der Waals surface area contributed by atoms with Gasteiger partial charge in [-0.15, -0.1) is 0 Å². The normalized spacial score (nSPS) is 18.5. The summed E-state index contributed by atoms with van der Waals surface area (Å²) in [7, 11) is 4.83. The molecule has 3 heterocycles. The maximum atomic E-state index is 14.9. The first-order valence-corrected chi connectivity index (χ1v) is 17.9. The molecule has 2 aliphatic rings. The standard InChI is InChI=1S/C40H46F4N6O4/c1-46-39(52)27-13-11-26(12-14-27)32(23-40(42,43)44)37(28-15-17-33(31(22-28)38(41)45)48-35-9-4-5-21-53-35)29-16-18-34(47-24-29)54-30-8-6-19-50(25-30)20-7-10-36(51)49(2)3/h7,10-18,22,24,30,35,45,48H,4-6,8-9,19-21,23,25H2,1-3H3,(H,46,52)/b10-7+,37-32-,45-38?. The Balaban J connectivity index is 1.52. The van der Waals surface area contributed by atoms with Gasteiger partial charge in [-0.2, -0.15) is 17.6 Å². The van der Waals surface area contributed by atoms with E-state index in [9.17, 15) is 27.2 Å². The molecule has 54 heavy (non-hydrogen) atoms. The number of pyridine rings is 1. The molecule has 0 spiro atoms. The number of piperidine rings is 1. The quantitative estimate of drug-likeness (QED) is 0.0740. The average molecular weight is 751 g/mol. The average Bonchev–Trinajstić information content (AvgIpc) is 3.15. The molecular weight excluding hydrogens is 704 g/mol. The Bertz CT molecular complexity index is 1840. The summed E-state index contributed by atoms with van der Waals surface area (Å²) in [6.07, 6.45) is 2.34. The van der Waals surface area contributed by atoms with Gasteiger partial charge in [0, 0.05) is 76.0 Å². The number of carbonyl (C=O) groups is 2. The van der Waals surface area contributed by atoms with E-state index in [1.165, 1.54) is 54.6 Å². The van der Waals surface area contributed by atoms with Crippen LogP contribution in [0.25, 0.3) is 11.1 Å². The Morgan fingerprint density at radius 1 is 1.02 bits per heavy atom. The number of nitrogens with zero attached hydrogens (tertiary/aromatic N) is 3. The monoisotopic (exact) mass is 750 g/mol. The zero-order chi connectivity index (χ0) is 38.8. The number of hydrogen-bond donors (Lipinski definition) is 3. The van der Waals surface area contributed by atoms with Crippen molar-refractivity contribution < 1.29 is 36.6 Å². The molecule has 1 aromatic heterocycles. The van der Waals surface area contributed by atoms with Gasteiger partial charge in [0.25, 0.3) is 5.91 Å². The topological polar surface area (TPSA) is 120 Å². The molecule has 288 valence electrons. The lowest BCUT2D eigenvalue weighted by Gasteiger charge is -2.31. The molecule has 2 fully saturated rings. The van der Waals surface area contributed by atoms with Crippen LogP contribution >= 0.6 is 0 Å². The van der Waals surface area contributed by atoms with E-state index in [1.807, 2.05) is 6.08 Å². The predicted molar refractivity (Wildman–Crippen MR) is 200 cm³/mol. The van der Waals surface area contributed by atoms with Crippen molar-refractivity contribution in [3.8, 4) is 5.88 Å². The first-order valence-electron chi connectivity index (χ1n) is 17.9. The molecule has 10 nitrogen and oxygen atoms in total. The lowest BCUT2D eigenvalue weighted by atomic mass is 9.87. The molecule has 2 aromatic carbocycles. The van der Waals surface area contributed by atoms with E-state index < -0.39 is 30.7 Å². The lowest BCUT2D eigenvalue weighted by Crippen LogP contribution is -2.41. The van der Waals surface area contributed by atoms with Gasteiger partial charge in [0.2, 0.25) is 17.8 Å². The second-order valence-corrected chi connectivity index (χ2v) is 13.5. The van der Waals surface area contributed by atoms with Crippen LogP contribution in [-0.4, -0.2) is 98.5 Å². The minimum Gasteiger partial charge on any atom is -0.473 e. The van der Waals surface area contributed by atoms with Crippen molar-refractivity contribution in [2.24, 2.45) is 0 Å². The van der Waals surface area contributed by atoms with Gasteiger partial charge in [0.05, 0.1) is 12.0 Å². The second kappa shape index (κ2) is 18.3. The molecule has 2 amide bonds. The lowest BCUT2D eigenvalue weighted by molar-refractivity contribution is -0.124. The highest BCUT2D eigenvalue weighted by Gasteiger charge is 2.32. The first-order chi connectivity index (χ1) is 25.8. The van der Waals surface area contributed by atoms with Gasteiger partial charge in [-0.05, 0) is 91.3 Å². The highest BCUT2D eigenvalue weighted by molar-refractivity contribution is 6.03. The highest BCUT2D eigenvalue weighted by Crippen LogP contribution is 2.40. The van der Waals surface area contributed by atoms with E-state index in [-0.39, 0.29) is 57.0 Å². The number of likely N-dealkylation sites (tertiary alicyclic amines) is 1. The molecule has 0 bridgehead atoms. The van der Waals surface area contributed by atoms with Crippen molar-refractivity contribution in [2.75, 3.05) is 52.7 Å². The molecule has 0 radical (unpaired) electrons. The third kappa shape index (κ3) is 11.0. The number of benzene rings is 2. The zero-order valence-electron chi connectivity index (χ0n) is 30.6. The fourth-order valence-corrected chi connectivity index (χ4v) is 6.55. The maximum absolute atomic E-state index is 14.9. The number of rotatable bonds is 13. The van der Waals surface area contributed by atoms with Gasteiger partial charge in [0.1, 0.15) is 12.3 Å². The molecule has 0 aliphatic carbocycles. The maximum Gasteiger partial charge on any atom is 0.393 e. The van der Waals surface area contributed by atoms with Crippen LogP contribution in [0.5, 0.6) is 5.88 Å². The molecule has 3 aromatic rings. The van der Waals surface area contributed by atoms with Crippen LogP contribution in [0.4, 0.5) is 23.2 Å². The second-order valence-electron chi connectivity index (χ2n) is 13.5. The van der Waals surface area contributed by atoms with E-state index in [4.69, 9.17) is 14.9 Å². The van der Waals surface area contributed by atoms with E-state index in [0.717, 1.165) is 32.2 Å². The van der Waals surface area contributed by atoms with Crippen LogP contribution in [0.15, 0.2) is 72.9 Å². The number of hydrogen-bond acceptors (Lipinski definition) is 8. The zero-order valence-corrected chi connectivity index (χ0v) is 30.6. The highest BCUT2D eigenvalue weighted by atomic mass is 19.4. The van der Waals surface area contributed by atoms with Crippen LogP contribution in [0.1, 0.15) is 71.1 Å². The Kier molecular flexibility index (Phi) is 13.6. The van der Waals surface area contributed by atoms with Crippen LogP contribution < -0.4 is 15.4 Å². The van der Waals surface area contributed by atoms with Gasteiger partial charge >= 0.3 is 6.18 Å². The van der Waals surface area contributed by atoms with Crippen molar-refractivity contribution >= 4 is 34.6 Å². The van der Waals surface area contributed by atoms with Crippen molar-refractivity contribution in [3.05, 3.63) is 101 Å². The van der Waals surface area contributed by atoms with Crippen molar-refractivity contribution in [1.29, 1.82) is 5.41 Å². The SMILES string of the molecule is CNC(=O)c1ccc(/C(CC(F)(F)F)=C(\c2ccc(OC3CCCN(C/C=C/C(=O)N(C)C)C3)nc2)c2ccc(NC3CCCCO3)c(C(=N)F)c2)cc1. The number of likely N-dealkylation sites (N-methyl/N-ethyl adjacent to an activating group) is 1. The molecule has 0 saturated carbocycles. The smallest absolute Gasteiger partial charge is 0.393 e. The molecule has 2 unspecified atom stereocenters. The number of halogens is 4. The summed E-state index contributed by atoms with van der Waals surface area (Å²) >= 11 is 0. The first kappa shape index (κ1) is 40.1. The van der Waals surface area contributed by atoms with Crippen molar-refractivity contribution in [1.82, 2.24) is 20.1 Å². The number of carbonyl (C=O) groups excluding carboxylic acids is 2. The predicted octanol–water partition coefficient (Wildman–Crippen LogP) is 7.07. The third-order valence-corrected chi connectivity index (χ3v) is 9.28. The van der Waals surface area contributed by atoms with Crippen LogP contribution in [-0.2, 0) is 9.53 Å². The van der Waals surface area contributed by atoms with E-state index in [1.54, 1.807) is 38.4 Å². The van der Waals surface area contributed by atoms with Gasteiger partial charge in [0.15, 0.2) is 0 Å². The fourth-order valence-electron chi connectivity index (χ4n) is 6.55. The minimum atomic E-state index is -4.65. The molecule has 2 atom stereocenters. The van der Waals surface area contributed by atoms with Gasteiger partial charge in [-0.25, -0.2) is 4.98 Å². The summed E-state index contributed by atoms with van der Waals surface area (Å²) < 4.78 is 70.1. The summed E-state index contributed by atoms with van der Waals surface area (Å²) in [5, 5.41) is 13.6. The largest absolute Gasteiger partial charge is 0.473 e. The Morgan fingerprint density at radius 2 is 1.74 bits per heavy atom. The van der Waals surface area contributed by atoms with Gasteiger partial charge in [-0.1, -0.05) is 24.3 Å². The number of anilines is 1. The summed E-state index contributed by atoms with van der Waals surface area (Å²) in [4.78, 5) is 32.3. The number of ether oxygens (including phenoxy) is 2.